The van der Waals surface area contributed by atoms with Crippen molar-refractivity contribution in [3.63, 3.8) is 0 Å². The number of H-pyrrole nitrogens is 1. The summed E-state index contributed by atoms with van der Waals surface area (Å²) in [7, 11) is 1.59. The lowest BCUT2D eigenvalue weighted by atomic mass is 10.2. The minimum absolute atomic E-state index is 0.000376. The van der Waals surface area contributed by atoms with Crippen molar-refractivity contribution in [3.8, 4) is 22.9 Å². The summed E-state index contributed by atoms with van der Waals surface area (Å²) in [4.78, 5) is 22.3. The number of fused-ring (bicyclic) bond motifs is 1. The number of carbonyl (C=O) groups is 1. The largest absolute Gasteiger partial charge is 0.493 e. The Labute approximate surface area is 171 Å². The number of benzene rings is 2. The second kappa shape index (κ2) is 9.45. The Hall–Kier alpha value is -3.02. The van der Waals surface area contributed by atoms with E-state index in [2.05, 4.69) is 36.8 Å². The van der Waals surface area contributed by atoms with Gasteiger partial charge in [-0.15, -0.1) is 0 Å². The third-order valence-corrected chi connectivity index (χ3v) is 4.77. The molecular weight excluding hydrogens is 366 g/mol. The van der Waals surface area contributed by atoms with Gasteiger partial charge in [-0.2, -0.15) is 0 Å². The number of methoxy groups -OCH3 is 1. The molecule has 3 rings (SSSR count). The molecule has 0 atom stereocenters. The van der Waals surface area contributed by atoms with E-state index in [-0.39, 0.29) is 12.5 Å². The van der Waals surface area contributed by atoms with Crippen molar-refractivity contribution in [3.05, 3.63) is 42.0 Å². The van der Waals surface area contributed by atoms with Crippen LogP contribution in [0.5, 0.6) is 11.5 Å². The smallest absolute Gasteiger partial charge is 0.260 e. The lowest BCUT2D eigenvalue weighted by Crippen LogP contribution is -2.36. The molecule has 2 aromatic carbocycles. The summed E-state index contributed by atoms with van der Waals surface area (Å²) in [5.74, 6) is 1.88. The van der Waals surface area contributed by atoms with Gasteiger partial charge < -0.3 is 19.4 Å². The van der Waals surface area contributed by atoms with E-state index in [0.29, 0.717) is 11.5 Å². The topological polar surface area (TPSA) is 67.5 Å². The summed E-state index contributed by atoms with van der Waals surface area (Å²) in [6.07, 6.45) is 1.86. The van der Waals surface area contributed by atoms with E-state index in [1.807, 2.05) is 35.2 Å². The zero-order chi connectivity index (χ0) is 20.8. The maximum Gasteiger partial charge on any atom is 0.260 e. The highest BCUT2D eigenvalue weighted by molar-refractivity contribution is 5.80. The predicted molar refractivity (Wildman–Crippen MR) is 115 cm³/mol. The van der Waals surface area contributed by atoms with Crippen LogP contribution in [-0.2, 0) is 4.79 Å². The fourth-order valence-corrected chi connectivity index (χ4v) is 3.33. The van der Waals surface area contributed by atoms with Gasteiger partial charge in [-0.3, -0.25) is 4.79 Å². The molecule has 0 bridgehead atoms. The number of nitrogens with zero attached hydrogens (tertiary/aromatic N) is 2. The van der Waals surface area contributed by atoms with Crippen LogP contribution < -0.4 is 9.47 Å². The molecule has 0 fully saturated rings. The SMILES string of the molecule is CCCN(CCC)C(=O)COc1ccc(-c2nc3ccc(C)cc3[nH]2)cc1OC. The first kappa shape index (κ1) is 20.7. The standard InChI is InChI=1S/C23H29N3O3/c1-5-11-26(12-6-2)22(27)15-29-20-10-8-17(14-21(20)28-4)23-24-18-9-7-16(3)13-19(18)25-23/h7-10,13-14H,5-6,11-12,15H2,1-4H3,(H,24,25). The molecule has 0 saturated carbocycles. The molecule has 0 aliphatic carbocycles. The number of aromatic nitrogens is 2. The van der Waals surface area contributed by atoms with Crippen LogP contribution in [0.2, 0.25) is 0 Å². The molecule has 6 nitrogen and oxygen atoms in total. The number of aromatic amines is 1. The molecule has 3 aromatic rings. The molecule has 0 unspecified atom stereocenters. The molecule has 0 saturated heterocycles. The van der Waals surface area contributed by atoms with Gasteiger partial charge in [-0.05, 0) is 55.7 Å². The fraction of sp³-hybridized carbons (Fsp3) is 0.391. The average molecular weight is 396 g/mol. The van der Waals surface area contributed by atoms with Crippen molar-refractivity contribution in [2.24, 2.45) is 0 Å². The van der Waals surface area contributed by atoms with Crippen LogP contribution >= 0.6 is 0 Å². The van der Waals surface area contributed by atoms with Crippen LogP contribution in [0.15, 0.2) is 36.4 Å². The Balaban J connectivity index is 1.76. The van der Waals surface area contributed by atoms with Crippen LogP contribution in [0.1, 0.15) is 32.3 Å². The van der Waals surface area contributed by atoms with Crippen molar-refractivity contribution in [1.29, 1.82) is 0 Å². The first-order valence-electron chi connectivity index (χ1n) is 10.1. The molecule has 1 aromatic heterocycles. The van der Waals surface area contributed by atoms with Gasteiger partial charge in [-0.1, -0.05) is 19.9 Å². The van der Waals surface area contributed by atoms with Crippen LogP contribution in [-0.4, -0.2) is 47.6 Å². The number of ether oxygens (including phenoxy) is 2. The number of aryl methyl sites for hydroxylation is 1. The molecule has 0 spiro atoms. The summed E-state index contributed by atoms with van der Waals surface area (Å²) >= 11 is 0. The summed E-state index contributed by atoms with van der Waals surface area (Å²) in [5, 5.41) is 0. The highest BCUT2D eigenvalue weighted by Crippen LogP contribution is 2.32. The van der Waals surface area contributed by atoms with Gasteiger partial charge in [0, 0.05) is 18.7 Å². The monoisotopic (exact) mass is 395 g/mol. The summed E-state index contributed by atoms with van der Waals surface area (Å²) in [6.45, 7) is 7.68. The number of nitrogens with one attached hydrogen (secondary N) is 1. The zero-order valence-corrected chi connectivity index (χ0v) is 17.6. The highest BCUT2D eigenvalue weighted by Gasteiger charge is 2.15. The molecule has 0 aliphatic rings. The quantitative estimate of drug-likeness (QED) is 0.576. The van der Waals surface area contributed by atoms with E-state index in [4.69, 9.17) is 9.47 Å². The number of hydrogen-bond donors (Lipinski definition) is 1. The Morgan fingerprint density at radius 3 is 2.52 bits per heavy atom. The van der Waals surface area contributed by atoms with E-state index in [1.165, 1.54) is 5.56 Å². The van der Waals surface area contributed by atoms with Gasteiger partial charge in [0.2, 0.25) is 0 Å². The van der Waals surface area contributed by atoms with Crippen molar-refractivity contribution < 1.29 is 14.3 Å². The normalized spacial score (nSPS) is 10.9. The third-order valence-electron chi connectivity index (χ3n) is 4.77. The second-order valence-electron chi connectivity index (χ2n) is 7.14. The summed E-state index contributed by atoms with van der Waals surface area (Å²) in [5.41, 5.74) is 3.99. The van der Waals surface area contributed by atoms with E-state index >= 15 is 0 Å². The van der Waals surface area contributed by atoms with E-state index < -0.39 is 0 Å². The molecule has 154 valence electrons. The molecule has 29 heavy (non-hydrogen) atoms. The molecular formula is C23H29N3O3. The van der Waals surface area contributed by atoms with Crippen molar-refractivity contribution in [2.45, 2.75) is 33.6 Å². The Morgan fingerprint density at radius 2 is 1.83 bits per heavy atom. The number of imidazole rings is 1. The number of carbonyl (C=O) groups excluding carboxylic acids is 1. The average Bonchev–Trinajstić information content (AvgIpc) is 3.14. The van der Waals surface area contributed by atoms with Crippen LogP contribution in [0, 0.1) is 6.92 Å². The van der Waals surface area contributed by atoms with Gasteiger partial charge in [0.15, 0.2) is 18.1 Å². The number of hydrogen-bond acceptors (Lipinski definition) is 4. The van der Waals surface area contributed by atoms with Gasteiger partial charge in [0.25, 0.3) is 5.91 Å². The van der Waals surface area contributed by atoms with Gasteiger partial charge in [0.1, 0.15) is 5.82 Å². The maximum atomic E-state index is 12.5. The van der Waals surface area contributed by atoms with Gasteiger partial charge in [0.05, 0.1) is 18.1 Å². The van der Waals surface area contributed by atoms with Crippen molar-refractivity contribution >= 4 is 16.9 Å². The zero-order valence-electron chi connectivity index (χ0n) is 17.6. The molecule has 6 heteroatoms. The van der Waals surface area contributed by atoms with E-state index in [9.17, 15) is 4.79 Å². The summed E-state index contributed by atoms with van der Waals surface area (Å²) < 4.78 is 11.3. The molecule has 1 heterocycles. The molecule has 1 N–H and O–H groups in total. The number of amides is 1. The van der Waals surface area contributed by atoms with Crippen LogP contribution in [0.25, 0.3) is 22.4 Å². The van der Waals surface area contributed by atoms with Crippen LogP contribution in [0.4, 0.5) is 0 Å². The van der Waals surface area contributed by atoms with Gasteiger partial charge >= 0.3 is 0 Å². The first-order valence-corrected chi connectivity index (χ1v) is 10.1. The van der Waals surface area contributed by atoms with Crippen LogP contribution in [0.3, 0.4) is 0 Å². The predicted octanol–water partition coefficient (Wildman–Crippen LogP) is 4.57. The van der Waals surface area contributed by atoms with Crippen molar-refractivity contribution in [1.82, 2.24) is 14.9 Å². The fourth-order valence-electron chi connectivity index (χ4n) is 3.33. The maximum absolute atomic E-state index is 12.5. The lowest BCUT2D eigenvalue weighted by molar-refractivity contribution is -0.133. The minimum Gasteiger partial charge on any atom is -0.493 e. The Kier molecular flexibility index (Phi) is 6.75. The minimum atomic E-state index is -0.00696. The summed E-state index contributed by atoms with van der Waals surface area (Å²) in [6, 6.07) is 11.7. The van der Waals surface area contributed by atoms with Gasteiger partial charge in [-0.25, -0.2) is 4.98 Å². The molecule has 0 radical (unpaired) electrons. The van der Waals surface area contributed by atoms with E-state index in [1.54, 1.807) is 7.11 Å². The Morgan fingerprint density at radius 1 is 1.07 bits per heavy atom. The Bertz CT molecular complexity index is 975. The van der Waals surface area contributed by atoms with Crippen molar-refractivity contribution in [2.75, 3.05) is 26.8 Å². The highest BCUT2D eigenvalue weighted by atomic mass is 16.5. The molecule has 1 amide bonds. The van der Waals surface area contributed by atoms with E-state index in [0.717, 1.165) is 48.4 Å². The lowest BCUT2D eigenvalue weighted by Gasteiger charge is -2.21. The first-order chi connectivity index (χ1) is 14.0. The number of rotatable bonds is 9. The third kappa shape index (κ3) is 4.88. The molecule has 0 aliphatic heterocycles. The second-order valence-corrected chi connectivity index (χ2v) is 7.14.